The number of hydrogen-bond donors (Lipinski definition) is 2. The lowest BCUT2D eigenvalue weighted by Crippen LogP contribution is -2.24. The molecule has 2 heterocycles. The summed E-state index contributed by atoms with van der Waals surface area (Å²) in [6.45, 7) is 3.92. The first kappa shape index (κ1) is 30.8. The molecule has 0 saturated carbocycles. The minimum atomic E-state index is -0.558. The highest BCUT2D eigenvalue weighted by molar-refractivity contribution is 6.30. The molecular formula is C28H26Cl2N4O7. The summed E-state index contributed by atoms with van der Waals surface area (Å²) in [7, 11) is 0. The van der Waals surface area contributed by atoms with E-state index in [0.29, 0.717) is 32.6 Å². The number of benzene rings is 2. The van der Waals surface area contributed by atoms with Gasteiger partial charge in [-0.15, -0.1) is 0 Å². The molecule has 0 saturated heterocycles. The fourth-order valence-electron chi connectivity index (χ4n) is 3.26. The van der Waals surface area contributed by atoms with Crippen LogP contribution in [-0.2, 0) is 9.47 Å². The zero-order valence-corrected chi connectivity index (χ0v) is 23.5. The van der Waals surface area contributed by atoms with Crippen molar-refractivity contribution in [3.63, 3.8) is 0 Å². The van der Waals surface area contributed by atoms with Crippen molar-refractivity contribution < 1.29 is 33.3 Å². The van der Waals surface area contributed by atoms with Gasteiger partial charge in [0.05, 0.1) is 24.4 Å². The molecule has 2 aromatic carbocycles. The van der Waals surface area contributed by atoms with Crippen LogP contribution in [0.5, 0.6) is 23.0 Å². The van der Waals surface area contributed by atoms with Gasteiger partial charge in [-0.25, -0.2) is 9.59 Å². The topological polar surface area (TPSA) is 163 Å². The fourth-order valence-corrected chi connectivity index (χ4v) is 3.63. The molecule has 214 valence electrons. The first-order valence-corrected chi connectivity index (χ1v) is 12.8. The lowest BCUT2D eigenvalue weighted by atomic mass is 10.2. The molecule has 4 aromatic rings. The molecule has 0 unspecified atom stereocenters. The fraction of sp³-hybridized carbons (Fsp3) is 0.143. The molecule has 0 fully saturated rings. The molecular weight excluding hydrogens is 575 g/mol. The number of ether oxygens (including phenoxy) is 4. The van der Waals surface area contributed by atoms with Crippen molar-refractivity contribution in [2.24, 2.45) is 0 Å². The van der Waals surface area contributed by atoms with Crippen LogP contribution in [0.4, 0.5) is 11.4 Å². The molecule has 0 spiro atoms. The van der Waals surface area contributed by atoms with Crippen LogP contribution in [-0.4, -0.2) is 30.1 Å². The van der Waals surface area contributed by atoms with Crippen molar-refractivity contribution >= 4 is 46.5 Å². The molecule has 0 aliphatic heterocycles. The minimum absolute atomic E-state index is 0.175. The molecule has 13 heteroatoms. The summed E-state index contributed by atoms with van der Waals surface area (Å²) in [5.41, 5.74) is 12.6. The molecule has 0 aliphatic rings. The average molecular weight is 601 g/mol. The first-order chi connectivity index (χ1) is 19.6. The summed E-state index contributed by atoms with van der Waals surface area (Å²) in [6, 6.07) is 12.3. The molecule has 0 atom stereocenters. The highest BCUT2D eigenvalue weighted by Crippen LogP contribution is 2.30. The Kier molecular flexibility index (Phi) is 11.0. The van der Waals surface area contributed by atoms with Gasteiger partial charge in [0.1, 0.15) is 33.4 Å². The molecule has 0 amide bonds. The molecule has 11 nitrogen and oxygen atoms in total. The van der Waals surface area contributed by atoms with Gasteiger partial charge in [-0.2, -0.15) is 4.73 Å². The highest BCUT2D eigenvalue weighted by atomic mass is 35.5. The number of nitrogens with two attached hydrogens (primary N) is 2. The predicted octanol–water partition coefficient (Wildman–Crippen LogP) is 5.81. The minimum Gasteiger partial charge on any atom is -0.619 e. The second-order valence-corrected chi connectivity index (χ2v) is 8.92. The Morgan fingerprint density at radius 1 is 0.780 bits per heavy atom. The lowest BCUT2D eigenvalue weighted by Gasteiger charge is -2.11. The number of carbonyl (C=O) groups is 2. The Labute approximate surface area is 245 Å². The lowest BCUT2D eigenvalue weighted by molar-refractivity contribution is -0.605. The van der Waals surface area contributed by atoms with Gasteiger partial charge >= 0.3 is 11.9 Å². The summed E-state index contributed by atoms with van der Waals surface area (Å²) in [5.74, 6) is 0.133. The molecule has 41 heavy (non-hydrogen) atoms. The third kappa shape index (κ3) is 9.16. The van der Waals surface area contributed by atoms with Crippen LogP contribution in [0.15, 0.2) is 73.3 Å². The number of rotatable bonds is 8. The molecule has 0 bridgehead atoms. The van der Waals surface area contributed by atoms with Gasteiger partial charge in [0.15, 0.2) is 11.9 Å². The quantitative estimate of drug-likeness (QED) is 0.109. The van der Waals surface area contributed by atoms with Gasteiger partial charge in [0.25, 0.3) is 0 Å². The Morgan fingerprint density at radius 3 is 1.78 bits per heavy atom. The predicted molar refractivity (Wildman–Crippen MR) is 153 cm³/mol. The maximum Gasteiger partial charge on any atom is 0.342 e. The van der Waals surface area contributed by atoms with E-state index in [1.165, 1.54) is 49.1 Å². The summed E-state index contributed by atoms with van der Waals surface area (Å²) >= 11 is 11.6. The van der Waals surface area contributed by atoms with Crippen LogP contribution in [0.3, 0.4) is 0 Å². The van der Waals surface area contributed by atoms with E-state index >= 15 is 0 Å². The van der Waals surface area contributed by atoms with Gasteiger partial charge < -0.3 is 35.6 Å². The van der Waals surface area contributed by atoms with Gasteiger partial charge in [0, 0.05) is 29.7 Å². The summed E-state index contributed by atoms with van der Waals surface area (Å²) in [6.07, 6.45) is 5.36. The largest absolute Gasteiger partial charge is 0.619 e. The molecule has 4 rings (SSSR count). The maximum absolute atomic E-state index is 11.9. The van der Waals surface area contributed by atoms with Gasteiger partial charge in [-0.1, -0.05) is 23.2 Å². The zero-order valence-electron chi connectivity index (χ0n) is 22.0. The number of aromatic nitrogens is 2. The number of nitrogens with zero attached hydrogens (tertiary/aromatic N) is 2. The van der Waals surface area contributed by atoms with Crippen LogP contribution >= 0.6 is 23.2 Å². The van der Waals surface area contributed by atoms with E-state index in [4.69, 9.17) is 53.6 Å². The van der Waals surface area contributed by atoms with Crippen LogP contribution in [0.2, 0.25) is 10.0 Å². The van der Waals surface area contributed by atoms with Crippen LogP contribution < -0.4 is 25.7 Å². The van der Waals surface area contributed by atoms with Crippen molar-refractivity contribution in [3.05, 3.63) is 99.7 Å². The van der Waals surface area contributed by atoms with Crippen molar-refractivity contribution in [1.82, 2.24) is 4.98 Å². The monoisotopic (exact) mass is 600 g/mol. The second kappa shape index (κ2) is 14.6. The van der Waals surface area contributed by atoms with E-state index in [1.54, 1.807) is 38.1 Å². The molecule has 0 radical (unpaired) electrons. The average Bonchev–Trinajstić information content (AvgIpc) is 2.91. The highest BCUT2D eigenvalue weighted by Gasteiger charge is 2.17. The number of anilines is 2. The SMILES string of the molecule is CCOC(=O)c1cc(N)ccc1Oc1cc(Cl)c[n+]([O-])c1.CCOC(=O)c1cc(N)ccc1Oc1cncc(Cl)c1. The number of nitrogen functional groups attached to an aromatic ring is 2. The third-order valence-electron chi connectivity index (χ3n) is 4.92. The first-order valence-electron chi connectivity index (χ1n) is 12.1. The van der Waals surface area contributed by atoms with E-state index in [2.05, 4.69) is 4.98 Å². The van der Waals surface area contributed by atoms with E-state index in [0.717, 1.165) is 0 Å². The summed E-state index contributed by atoms with van der Waals surface area (Å²) < 4.78 is 21.6. The summed E-state index contributed by atoms with van der Waals surface area (Å²) in [4.78, 5) is 27.7. The normalized spacial score (nSPS) is 10.1. The van der Waals surface area contributed by atoms with E-state index < -0.39 is 11.9 Å². The van der Waals surface area contributed by atoms with Crippen LogP contribution in [0.25, 0.3) is 0 Å². The number of halogens is 2. The number of esters is 2. The zero-order chi connectivity index (χ0) is 29.9. The van der Waals surface area contributed by atoms with Gasteiger partial charge in [0.2, 0.25) is 6.20 Å². The van der Waals surface area contributed by atoms with E-state index in [-0.39, 0.29) is 40.9 Å². The molecule has 2 aromatic heterocycles. The number of hydrogen-bond acceptors (Lipinski definition) is 10. The third-order valence-corrected chi connectivity index (χ3v) is 5.33. The standard InChI is InChI=1S/C14H13ClN2O4.C14H13ClN2O3/c1-2-20-14(18)12-6-10(16)3-4-13(12)21-11-5-9(15)7-17(19)8-11;1-2-19-14(18)12-6-10(16)3-4-13(12)20-11-5-9(15)7-17-8-11/h3-8H,2,16H2,1H3;3-8H,2,16H2,1H3. The second-order valence-electron chi connectivity index (χ2n) is 8.04. The Morgan fingerprint density at radius 2 is 1.29 bits per heavy atom. The van der Waals surface area contributed by atoms with Crippen molar-refractivity contribution in [2.45, 2.75) is 13.8 Å². The van der Waals surface area contributed by atoms with Gasteiger partial charge in [-0.05, 0) is 50.2 Å². The van der Waals surface area contributed by atoms with Crippen LogP contribution in [0, 0.1) is 5.21 Å². The Hall–Kier alpha value is -4.74. The van der Waals surface area contributed by atoms with Gasteiger partial charge in [-0.3, -0.25) is 4.98 Å². The van der Waals surface area contributed by atoms with Crippen molar-refractivity contribution in [1.29, 1.82) is 0 Å². The number of carbonyl (C=O) groups excluding carboxylic acids is 2. The number of pyridine rings is 2. The Balaban J connectivity index is 0.000000226. The van der Waals surface area contributed by atoms with Crippen LogP contribution in [0.1, 0.15) is 34.6 Å². The van der Waals surface area contributed by atoms with Crippen molar-refractivity contribution in [2.75, 3.05) is 24.7 Å². The summed E-state index contributed by atoms with van der Waals surface area (Å²) in [5, 5.41) is 12.0. The molecule has 0 aliphatic carbocycles. The smallest absolute Gasteiger partial charge is 0.342 e. The maximum atomic E-state index is 11.9. The molecule has 4 N–H and O–H groups in total. The Bertz CT molecular complexity index is 1520. The van der Waals surface area contributed by atoms with E-state index in [9.17, 15) is 14.8 Å². The van der Waals surface area contributed by atoms with E-state index in [1.807, 2.05) is 0 Å². The van der Waals surface area contributed by atoms with Crippen molar-refractivity contribution in [3.8, 4) is 23.0 Å².